The molecule has 0 radical (unpaired) electrons. The summed E-state index contributed by atoms with van der Waals surface area (Å²) < 4.78 is 5.30. The first-order valence-corrected chi connectivity index (χ1v) is 8.76. The van der Waals surface area contributed by atoms with E-state index in [-0.39, 0.29) is 17.7 Å². The number of likely N-dealkylation sites (tertiary alicyclic amines) is 1. The minimum Gasteiger partial charge on any atom is -0.497 e. The second-order valence-electron chi connectivity index (χ2n) is 6.85. The zero-order valence-corrected chi connectivity index (χ0v) is 14.2. The van der Waals surface area contributed by atoms with Crippen molar-refractivity contribution in [2.75, 3.05) is 20.2 Å². The van der Waals surface area contributed by atoms with E-state index in [1.165, 1.54) is 11.1 Å². The number of amides is 1. The highest BCUT2D eigenvalue weighted by Crippen LogP contribution is 2.36. The van der Waals surface area contributed by atoms with E-state index in [9.17, 15) is 9.59 Å². The number of piperidine rings is 1. The Kier molecular flexibility index (Phi) is 5.07. The van der Waals surface area contributed by atoms with Crippen molar-refractivity contribution in [2.24, 2.45) is 5.92 Å². The van der Waals surface area contributed by atoms with Gasteiger partial charge in [-0.15, -0.1) is 0 Å². The maximum Gasteiger partial charge on any atom is 0.306 e. The number of methoxy groups -OCH3 is 1. The molecule has 2 aliphatic rings. The number of fused-ring (bicyclic) bond motifs is 1. The molecule has 3 rings (SSSR count). The molecular formula is C19H25NO4. The molecule has 130 valence electrons. The van der Waals surface area contributed by atoms with Crippen LogP contribution in [0.2, 0.25) is 0 Å². The van der Waals surface area contributed by atoms with Crippen molar-refractivity contribution in [2.45, 2.75) is 44.4 Å². The smallest absolute Gasteiger partial charge is 0.306 e. The molecular weight excluding hydrogens is 306 g/mol. The van der Waals surface area contributed by atoms with Crippen LogP contribution < -0.4 is 4.74 Å². The minimum atomic E-state index is -0.739. The molecule has 1 aromatic rings. The van der Waals surface area contributed by atoms with Crippen molar-refractivity contribution in [3.05, 3.63) is 29.3 Å². The maximum atomic E-state index is 12.6. The van der Waals surface area contributed by atoms with E-state index in [2.05, 4.69) is 12.1 Å². The summed E-state index contributed by atoms with van der Waals surface area (Å²) in [7, 11) is 1.67. The minimum absolute atomic E-state index is 0.160. The Labute approximate surface area is 142 Å². The van der Waals surface area contributed by atoms with Gasteiger partial charge in [0.1, 0.15) is 5.75 Å². The molecule has 1 atom stereocenters. The van der Waals surface area contributed by atoms with Crippen LogP contribution in [0.3, 0.4) is 0 Å². The van der Waals surface area contributed by atoms with Gasteiger partial charge in [-0.3, -0.25) is 9.59 Å². The molecule has 1 heterocycles. The van der Waals surface area contributed by atoms with Gasteiger partial charge in [0, 0.05) is 19.5 Å². The number of carbonyl (C=O) groups excluding carboxylic acids is 1. The third kappa shape index (κ3) is 3.55. The van der Waals surface area contributed by atoms with Crippen molar-refractivity contribution in [3.8, 4) is 5.75 Å². The Balaban J connectivity index is 1.63. The zero-order valence-electron chi connectivity index (χ0n) is 14.2. The number of aliphatic carboxylic acids is 1. The van der Waals surface area contributed by atoms with Crippen molar-refractivity contribution in [3.63, 3.8) is 0 Å². The molecule has 1 aromatic carbocycles. The second kappa shape index (κ2) is 7.24. The largest absolute Gasteiger partial charge is 0.497 e. The van der Waals surface area contributed by atoms with Crippen LogP contribution in [0, 0.1) is 5.92 Å². The fourth-order valence-corrected chi connectivity index (χ4v) is 3.95. The van der Waals surface area contributed by atoms with Crippen molar-refractivity contribution < 1.29 is 19.4 Å². The van der Waals surface area contributed by atoms with Gasteiger partial charge in [0.25, 0.3) is 0 Å². The van der Waals surface area contributed by atoms with E-state index in [1.54, 1.807) is 7.11 Å². The number of carbonyl (C=O) groups is 2. The van der Waals surface area contributed by atoms with Crippen LogP contribution in [-0.4, -0.2) is 42.1 Å². The summed E-state index contributed by atoms with van der Waals surface area (Å²) in [5.74, 6) is 0.266. The Morgan fingerprint density at radius 2 is 2.00 bits per heavy atom. The molecule has 5 nitrogen and oxygen atoms in total. The van der Waals surface area contributed by atoms with Gasteiger partial charge in [0.15, 0.2) is 0 Å². The standard InChI is InChI=1S/C19H25NO4/c1-24-16-5-6-17-14(11-16)3-2-4-15(17)12-18(21)20-9-7-13(8-10-20)19(22)23/h5-6,11,13,15H,2-4,7-10,12H2,1H3,(H,22,23). The highest BCUT2D eigenvalue weighted by molar-refractivity contribution is 5.78. The molecule has 1 fully saturated rings. The van der Waals surface area contributed by atoms with Crippen LogP contribution in [0.1, 0.15) is 49.1 Å². The Hall–Kier alpha value is -2.04. The monoisotopic (exact) mass is 331 g/mol. The molecule has 1 amide bonds. The third-order valence-corrected chi connectivity index (χ3v) is 5.41. The first-order chi connectivity index (χ1) is 11.6. The second-order valence-corrected chi connectivity index (χ2v) is 6.85. The van der Waals surface area contributed by atoms with Gasteiger partial charge in [-0.2, -0.15) is 0 Å². The highest BCUT2D eigenvalue weighted by atomic mass is 16.5. The fourth-order valence-electron chi connectivity index (χ4n) is 3.95. The summed E-state index contributed by atoms with van der Waals surface area (Å²) in [6, 6.07) is 6.16. The molecule has 1 aliphatic heterocycles. The summed E-state index contributed by atoms with van der Waals surface area (Å²) >= 11 is 0. The zero-order chi connectivity index (χ0) is 17.1. The highest BCUT2D eigenvalue weighted by Gasteiger charge is 2.29. The number of hydrogen-bond acceptors (Lipinski definition) is 3. The third-order valence-electron chi connectivity index (χ3n) is 5.41. The van der Waals surface area contributed by atoms with E-state index in [4.69, 9.17) is 9.84 Å². The van der Waals surface area contributed by atoms with Gasteiger partial charge < -0.3 is 14.7 Å². The molecule has 0 saturated carbocycles. The number of carboxylic acid groups (broad SMARTS) is 1. The summed E-state index contributed by atoms with van der Waals surface area (Å²) in [6.07, 6.45) is 4.84. The molecule has 1 N–H and O–H groups in total. The Bertz CT molecular complexity index is 620. The number of nitrogens with zero attached hydrogens (tertiary/aromatic N) is 1. The van der Waals surface area contributed by atoms with Crippen LogP contribution in [0.5, 0.6) is 5.75 Å². The molecule has 24 heavy (non-hydrogen) atoms. The molecule has 0 bridgehead atoms. The normalized spacial score (nSPS) is 21.2. The number of aryl methyl sites for hydroxylation is 1. The maximum absolute atomic E-state index is 12.6. The average Bonchev–Trinajstić information content (AvgIpc) is 2.61. The molecule has 1 saturated heterocycles. The number of benzene rings is 1. The van der Waals surface area contributed by atoms with Gasteiger partial charge in [-0.25, -0.2) is 0 Å². The van der Waals surface area contributed by atoms with Gasteiger partial charge in [0.05, 0.1) is 13.0 Å². The quantitative estimate of drug-likeness (QED) is 0.921. The number of hydrogen-bond donors (Lipinski definition) is 1. The fraction of sp³-hybridized carbons (Fsp3) is 0.579. The van der Waals surface area contributed by atoms with E-state index in [1.807, 2.05) is 11.0 Å². The Morgan fingerprint density at radius 3 is 2.67 bits per heavy atom. The first-order valence-electron chi connectivity index (χ1n) is 8.76. The molecule has 5 heteroatoms. The molecule has 0 aromatic heterocycles. The van der Waals surface area contributed by atoms with E-state index >= 15 is 0 Å². The predicted molar refractivity (Wildman–Crippen MR) is 90.2 cm³/mol. The Morgan fingerprint density at radius 1 is 1.25 bits per heavy atom. The van der Waals surface area contributed by atoms with Gasteiger partial charge in [-0.1, -0.05) is 6.07 Å². The molecule has 1 aliphatic carbocycles. The van der Waals surface area contributed by atoms with Crippen molar-refractivity contribution in [1.82, 2.24) is 4.90 Å². The average molecular weight is 331 g/mol. The lowest BCUT2D eigenvalue weighted by Crippen LogP contribution is -2.40. The van der Waals surface area contributed by atoms with Crippen molar-refractivity contribution >= 4 is 11.9 Å². The summed E-state index contributed by atoms with van der Waals surface area (Å²) in [5.41, 5.74) is 2.57. The van der Waals surface area contributed by atoms with E-state index in [0.29, 0.717) is 32.4 Å². The number of rotatable bonds is 4. The molecule has 0 spiro atoms. The van der Waals surface area contributed by atoms with Crippen LogP contribution in [-0.2, 0) is 16.0 Å². The lowest BCUT2D eigenvalue weighted by atomic mass is 9.80. The summed E-state index contributed by atoms with van der Waals surface area (Å²) in [5, 5.41) is 9.06. The number of carboxylic acids is 1. The van der Waals surface area contributed by atoms with Crippen LogP contribution in [0.15, 0.2) is 18.2 Å². The van der Waals surface area contributed by atoms with Gasteiger partial charge in [0.2, 0.25) is 5.91 Å². The SMILES string of the molecule is COc1ccc2c(c1)CCCC2CC(=O)N1CCC(C(=O)O)CC1. The predicted octanol–water partition coefficient (Wildman–Crippen LogP) is 2.83. The summed E-state index contributed by atoms with van der Waals surface area (Å²) in [6.45, 7) is 1.13. The topological polar surface area (TPSA) is 66.8 Å². The van der Waals surface area contributed by atoms with Crippen molar-refractivity contribution in [1.29, 1.82) is 0 Å². The van der Waals surface area contributed by atoms with Crippen LogP contribution in [0.25, 0.3) is 0 Å². The molecule has 1 unspecified atom stereocenters. The first kappa shape index (κ1) is 16.8. The summed E-state index contributed by atoms with van der Waals surface area (Å²) in [4.78, 5) is 25.5. The van der Waals surface area contributed by atoms with Crippen LogP contribution >= 0.6 is 0 Å². The van der Waals surface area contributed by atoms with Crippen LogP contribution in [0.4, 0.5) is 0 Å². The van der Waals surface area contributed by atoms with E-state index in [0.717, 1.165) is 25.0 Å². The van der Waals surface area contributed by atoms with E-state index < -0.39 is 5.97 Å². The lowest BCUT2D eigenvalue weighted by Gasteiger charge is -2.32. The lowest BCUT2D eigenvalue weighted by molar-refractivity contribution is -0.145. The van der Waals surface area contributed by atoms with Gasteiger partial charge >= 0.3 is 5.97 Å². The number of ether oxygens (including phenoxy) is 1. The van der Waals surface area contributed by atoms with Gasteiger partial charge in [-0.05, 0) is 61.3 Å².